The van der Waals surface area contributed by atoms with Gasteiger partial charge in [0.2, 0.25) is 5.91 Å². The molecule has 3 fully saturated rings. The molecule has 3 aliphatic heterocycles. The number of ether oxygens (including phenoxy) is 2. The van der Waals surface area contributed by atoms with Crippen molar-refractivity contribution in [2.75, 3.05) is 24.7 Å². The molecule has 1 N–H and O–H groups in total. The van der Waals surface area contributed by atoms with Crippen molar-refractivity contribution >= 4 is 35.1 Å². The fraction of sp³-hybridized carbons (Fsp3) is 0.621. The highest BCUT2D eigenvalue weighted by molar-refractivity contribution is 6.34. The Morgan fingerprint density at radius 2 is 2.08 bits per heavy atom. The SMILES string of the molecule is C=CCN(C(=O)C1N([C@@H](CO)C(C)C)C(=O)[C@@H]2[C@H](C(=O)OCC)[C@@]3(C)OC12CC3C)c1c(C)cccc1Cl. The van der Waals surface area contributed by atoms with Crippen LogP contribution in [0.3, 0.4) is 0 Å². The Kier molecular flexibility index (Phi) is 7.73. The zero-order chi connectivity index (χ0) is 28.2. The van der Waals surface area contributed by atoms with Gasteiger partial charge < -0.3 is 24.4 Å². The summed E-state index contributed by atoms with van der Waals surface area (Å²) in [6.07, 6.45) is 2.03. The van der Waals surface area contributed by atoms with Crippen molar-refractivity contribution in [2.45, 2.75) is 71.2 Å². The Bertz CT molecular complexity index is 1120. The number of aliphatic hydroxyl groups is 1. The molecule has 3 saturated heterocycles. The molecule has 8 nitrogen and oxygen atoms in total. The lowest BCUT2D eigenvalue weighted by molar-refractivity contribution is -0.162. The van der Waals surface area contributed by atoms with Gasteiger partial charge >= 0.3 is 5.97 Å². The molecule has 1 aromatic carbocycles. The number of amides is 2. The minimum atomic E-state index is -1.25. The second kappa shape index (κ2) is 10.3. The summed E-state index contributed by atoms with van der Waals surface area (Å²) in [4.78, 5) is 45.4. The van der Waals surface area contributed by atoms with E-state index in [1.54, 1.807) is 24.0 Å². The van der Waals surface area contributed by atoms with Crippen molar-refractivity contribution in [3.05, 3.63) is 41.4 Å². The number of hydrogen-bond acceptors (Lipinski definition) is 6. The third kappa shape index (κ3) is 3.98. The molecule has 4 rings (SSSR count). The van der Waals surface area contributed by atoms with Gasteiger partial charge in [-0.3, -0.25) is 14.4 Å². The number of hydrogen-bond donors (Lipinski definition) is 1. The molecule has 3 aliphatic rings. The van der Waals surface area contributed by atoms with E-state index >= 15 is 0 Å². The second-order valence-corrected chi connectivity index (χ2v) is 11.7. The van der Waals surface area contributed by atoms with Gasteiger partial charge in [-0.15, -0.1) is 6.58 Å². The molecule has 208 valence electrons. The van der Waals surface area contributed by atoms with Crippen molar-refractivity contribution in [1.29, 1.82) is 0 Å². The summed E-state index contributed by atoms with van der Waals surface area (Å²) >= 11 is 6.61. The first-order chi connectivity index (χ1) is 17.9. The third-order valence-electron chi connectivity index (χ3n) is 8.88. The molecular weight excluding hydrogens is 508 g/mol. The van der Waals surface area contributed by atoms with E-state index in [1.807, 2.05) is 46.8 Å². The average molecular weight is 547 g/mol. The number of carbonyl (C=O) groups excluding carboxylic acids is 3. The molecule has 2 bridgehead atoms. The lowest BCUT2D eigenvalue weighted by Gasteiger charge is -2.41. The zero-order valence-electron chi connectivity index (χ0n) is 23.1. The predicted molar refractivity (Wildman–Crippen MR) is 145 cm³/mol. The van der Waals surface area contributed by atoms with Crippen LogP contribution in [0, 0.1) is 30.6 Å². The average Bonchev–Trinajstić information content (AvgIpc) is 3.35. The van der Waals surface area contributed by atoms with Gasteiger partial charge in [0.1, 0.15) is 17.6 Å². The number of para-hydroxylation sites is 1. The van der Waals surface area contributed by atoms with E-state index in [0.717, 1.165) is 5.56 Å². The summed E-state index contributed by atoms with van der Waals surface area (Å²) in [5.74, 6) is -3.27. The van der Waals surface area contributed by atoms with Crippen LogP contribution >= 0.6 is 11.6 Å². The van der Waals surface area contributed by atoms with Gasteiger partial charge in [0, 0.05) is 6.54 Å². The fourth-order valence-electron chi connectivity index (χ4n) is 7.06. The summed E-state index contributed by atoms with van der Waals surface area (Å²) in [7, 11) is 0. The van der Waals surface area contributed by atoms with E-state index in [9.17, 15) is 19.5 Å². The van der Waals surface area contributed by atoms with Gasteiger partial charge in [-0.05, 0) is 50.7 Å². The molecular formula is C29H39ClN2O6. The van der Waals surface area contributed by atoms with Crippen molar-refractivity contribution in [1.82, 2.24) is 4.90 Å². The molecule has 1 aromatic rings. The van der Waals surface area contributed by atoms with Crippen molar-refractivity contribution in [3.8, 4) is 0 Å². The summed E-state index contributed by atoms with van der Waals surface area (Å²) < 4.78 is 12.2. The van der Waals surface area contributed by atoms with Gasteiger partial charge in [0.15, 0.2) is 0 Å². The molecule has 0 saturated carbocycles. The number of halogens is 1. The third-order valence-corrected chi connectivity index (χ3v) is 9.18. The first-order valence-corrected chi connectivity index (χ1v) is 13.8. The molecule has 2 amide bonds. The number of esters is 1. The highest BCUT2D eigenvalue weighted by Gasteiger charge is 2.81. The van der Waals surface area contributed by atoms with Gasteiger partial charge in [0.05, 0.1) is 41.5 Å². The number of rotatable bonds is 9. The van der Waals surface area contributed by atoms with Crippen LogP contribution in [0.1, 0.15) is 46.6 Å². The topological polar surface area (TPSA) is 96.4 Å². The quantitative estimate of drug-likeness (QED) is 0.374. The van der Waals surface area contributed by atoms with Crippen molar-refractivity contribution in [3.63, 3.8) is 0 Å². The highest BCUT2D eigenvalue weighted by Crippen LogP contribution is 2.66. The maximum absolute atomic E-state index is 14.7. The number of anilines is 1. The Labute approximate surface area is 229 Å². The maximum Gasteiger partial charge on any atom is 0.312 e. The van der Waals surface area contributed by atoms with E-state index in [2.05, 4.69) is 6.58 Å². The molecule has 0 aromatic heterocycles. The number of nitrogens with zero attached hydrogens (tertiary/aromatic N) is 2. The van der Waals surface area contributed by atoms with Gasteiger partial charge in [-0.25, -0.2) is 0 Å². The number of fused-ring (bicyclic) bond motifs is 1. The van der Waals surface area contributed by atoms with E-state index < -0.39 is 41.1 Å². The number of aliphatic hydroxyl groups excluding tert-OH is 1. The lowest BCUT2D eigenvalue weighted by atomic mass is 9.62. The molecule has 0 aliphatic carbocycles. The smallest absolute Gasteiger partial charge is 0.312 e. The van der Waals surface area contributed by atoms with E-state index in [4.69, 9.17) is 21.1 Å². The molecule has 3 unspecified atom stereocenters. The van der Waals surface area contributed by atoms with E-state index in [0.29, 0.717) is 17.1 Å². The summed E-state index contributed by atoms with van der Waals surface area (Å²) in [6.45, 7) is 15.0. The Balaban J connectivity index is 1.93. The maximum atomic E-state index is 14.7. The predicted octanol–water partition coefficient (Wildman–Crippen LogP) is 3.76. The van der Waals surface area contributed by atoms with Crippen LogP contribution in [-0.4, -0.2) is 70.8 Å². The Morgan fingerprint density at radius 1 is 1.39 bits per heavy atom. The van der Waals surface area contributed by atoms with Crippen LogP contribution in [0.15, 0.2) is 30.9 Å². The number of likely N-dealkylation sites (tertiary alicyclic amines) is 1. The Morgan fingerprint density at radius 3 is 2.63 bits per heavy atom. The van der Waals surface area contributed by atoms with Crippen LogP contribution in [-0.2, 0) is 23.9 Å². The van der Waals surface area contributed by atoms with Crippen LogP contribution in [0.5, 0.6) is 0 Å². The number of benzene rings is 1. The zero-order valence-corrected chi connectivity index (χ0v) is 23.8. The van der Waals surface area contributed by atoms with Crippen molar-refractivity contribution < 1.29 is 29.0 Å². The van der Waals surface area contributed by atoms with E-state index in [-0.39, 0.29) is 43.4 Å². The Hall–Kier alpha value is -2.42. The van der Waals surface area contributed by atoms with Crippen LogP contribution in [0.4, 0.5) is 5.69 Å². The molecule has 0 radical (unpaired) electrons. The monoisotopic (exact) mass is 546 g/mol. The highest BCUT2D eigenvalue weighted by atomic mass is 35.5. The van der Waals surface area contributed by atoms with Crippen LogP contribution < -0.4 is 4.90 Å². The summed E-state index contributed by atoms with van der Waals surface area (Å²) in [5, 5.41) is 10.8. The van der Waals surface area contributed by atoms with Gasteiger partial charge in [0.25, 0.3) is 5.91 Å². The molecule has 38 heavy (non-hydrogen) atoms. The minimum absolute atomic E-state index is 0.113. The molecule has 9 heteroatoms. The number of aryl methyl sites for hydroxylation is 1. The largest absolute Gasteiger partial charge is 0.466 e. The van der Waals surface area contributed by atoms with E-state index in [1.165, 1.54) is 4.90 Å². The molecule has 7 atom stereocenters. The van der Waals surface area contributed by atoms with Crippen LogP contribution in [0.25, 0.3) is 0 Å². The van der Waals surface area contributed by atoms with Gasteiger partial charge in [-0.1, -0.05) is 50.6 Å². The summed E-state index contributed by atoms with van der Waals surface area (Å²) in [6, 6.07) is 3.67. The minimum Gasteiger partial charge on any atom is -0.466 e. The number of carbonyl (C=O) groups is 3. The molecule has 3 heterocycles. The first kappa shape index (κ1) is 28.6. The lowest BCUT2D eigenvalue weighted by Crippen LogP contribution is -2.60. The normalized spacial score (nSPS) is 32.4. The molecule has 1 spiro atoms. The van der Waals surface area contributed by atoms with Crippen molar-refractivity contribution in [2.24, 2.45) is 23.7 Å². The fourth-order valence-corrected chi connectivity index (χ4v) is 7.38. The first-order valence-electron chi connectivity index (χ1n) is 13.4. The van der Waals surface area contributed by atoms with Gasteiger partial charge in [-0.2, -0.15) is 0 Å². The van der Waals surface area contributed by atoms with Crippen LogP contribution in [0.2, 0.25) is 5.02 Å². The second-order valence-electron chi connectivity index (χ2n) is 11.3. The standard InChI is InChI=1S/C29H39ClN2O6/c1-8-13-31(23-17(5)11-10-12-19(23)30)26(35)24-29-14-18(6)28(7,38-29)22(27(36)37-9-2)21(29)25(34)32(24)20(15-33)16(3)4/h8,10-12,16,18,20-22,24,33H,1,9,13-15H2,2-7H3/t18?,20-,21-,22+,24?,28-,29?/m0/s1. The summed E-state index contributed by atoms with van der Waals surface area (Å²) in [5.41, 5.74) is -0.893.